The van der Waals surface area contributed by atoms with Gasteiger partial charge in [0.2, 0.25) is 0 Å². The molecule has 0 spiro atoms. The highest BCUT2D eigenvalue weighted by Gasteiger charge is 2.11. The average Bonchev–Trinajstić information content (AvgIpc) is 2.19. The van der Waals surface area contributed by atoms with Crippen LogP contribution in [0.4, 0.5) is 5.69 Å². The number of carbonyl (C=O) groups is 1. The van der Waals surface area contributed by atoms with Crippen molar-refractivity contribution in [3.05, 3.63) is 41.5 Å². The number of carboxylic acids is 1. The van der Waals surface area contributed by atoms with Crippen LogP contribution >= 0.6 is 0 Å². The van der Waals surface area contributed by atoms with Crippen LogP contribution in [0.3, 0.4) is 0 Å². The van der Waals surface area contributed by atoms with E-state index < -0.39 is 5.97 Å². The first-order valence-electron chi connectivity index (χ1n) is 4.62. The van der Waals surface area contributed by atoms with Gasteiger partial charge < -0.3 is 10.8 Å². The summed E-state index contributed by atoms with van der Waals surface area (Å²) in [4.78, 5) is 11.0. The molecule has 3 heteroatoms. The van der Waals surface area contributed by atoms with Gasteiger partial charge in [0.1, 0.15) is 0 Å². The number of rotatable bonds is 1. The van der Waals surface area contributed by atoms with Crippen LogP contribution in [0, 0.1) is 6.92 Å². The van der Waals surface area contributed by atoms with E-state index in [-0.39, 0.29) is 0 Å². The van der Waals surface area contributed by atoms with Gasteiger partial charge in [-0.05, 0) is 24.6 Å². The molecule has 0 saturated carbocycles. The van der Waals surface area contributed by atoms with Gasteiger partial charge in [-0.2, -0.15) is 0 Å². The Kier molecular flexibility index (Phi) is 2.08. The van der Waals surface area contributed by atoms with E-state index in [0.29, 0.717) is 11.3 Å². The van der Waals surface area contributed by atoms with E-state index in [9.17, 15) is 4.79 Å². The van der Waals surface area contributed by atoms with Crippen LogP contribution in [0.5, 0.6) is 0 Å². The van der Waals surface area contributed by atoms with E-state index in [1.807, 2.05) is 25.1 Å². The van der Waals surface area contributed by atoms with E-state index in [1.54, 1.807) is 12.1 Å². The zero-order chi connectivity index (χ0) is 11.0. The van der Waals surface area contributed by atoms with Crippen molar-refractivity contribution in [2.75, 3.05) is 5.73 Å². The Balaban J connectivity index is 2.96. The molecule has 15 heavy (non-hydrogen) atoms. The van der Waals surface area contributed by atoms with Gasteiger partial charge in [-0.3, -0.25) is 0 Å². The first-order chi connectivity index (χ1) is 7.11. The van der Waals surface area contributed by atoms with Crippen LogP contribution in [0.1, 0.15) is 15.9 Å². The maximum Gasteiger partial charge on any atom is 0.336 e. The topological polar surface area (TPSA) is 63.3 Å². The first kappa shape index (κ1) is 9.52. The minimum Gasteiger partial charge on any atom is -0.478 e. The molecule has 76 valence electrons. The van der Waals surface area contributed by atoms with Crippen molar-refractivity contribution in [1.82, 2.24) is 0 Å². The second-order valence-corrected chi connectivity index (χ2v) is 3.50. The van der Waals surface area contributed by atoms with Crippen LogP contribution in [-0.2, 0) is 0 Å². The Morgan fingerprint density at radius 3 is 2.67 bits per heavy atom. The van der Waals surface area contributed by atoms with Crippen LogP contribution < -0.4 is 5.73 Å². The highest BCUT2D eigenvalue weighted by molar-refractivity contribution is 6.08. The maximum atomic E-state index is 11.0. The molecule has 2 aromatic rings. The molecule has 0 heterocycles. The second-order valence-electron chi connectivity index (χ2n) is 3.50. The number of hydrogen-bond acceptors (Lipinski definition) is 2. The molecule has 3 N–H and O–H groups in total. The third-order valence-electron chi connectivity index (χ3n) is 2.51. The van der Waals surface area contributed by atoms with Gasteiger partial charge in [-0.1, -0.05) is 18.2 Å². The van der Waals surface area contributed by atoms with E-state index >= 15 is 0 Å². The van der Waals surface area contributed by atoms with E-state index in [4.69, 9.17) is 10.8 Å². The predicted octanol–water partition coefficient (Wildman–Crippen LogP) is 2.43. The second kappa shape index (κ2) is 3.28. The van der Waals surface area contributed by atoms with Gasteiger partial charge in [0, 0.05) is 16.5 Å². The number of benzene rings is 2. The van der Waals surface area contributed by atoms with Crippen LogP contribution in [0.2, 0.25) is 0 Å². The average molecular weight is 201 g/mol. The van der Waals surface area contributed by atoms with Gasteiger partial charge in [0.25, 0.3) is 0 Å². The van der Waals surface area contributed by atoms with Crippen LogP contribution in [0.25, 0.3) is 10.8 Å². The van der Waals surface area contributed by atoms with E-state index in [1.165, 1.54) is 0 Å². The van der Waals surface area contributed by atoms with Crippen LogP contribution in [0.15, 0.2) is 30.3 Å². The minimum absolute atomic E-state index is 0.303. The summed E-state index contributed by atoms with van der Waals surface area (Å²) in [5.74, 6) is -0.922. The van der Waals surface area contributed by atoms with Crippen molar-refractivity contribution in [3.63, 3.8) is 0 Å². The molecule has 0 radical (unpaired) electrons. The van der Waals surface area contributed by atoms with Crippen molar-refractivity contribution in [1.29, 1.82) is 0 Å². The number of anilines is 1. The maximum absolute atomic E-state index is 11.0. The molecular formula is C12H11NO2. The Hall–Kier alpha value is -2.03. The fraction of sp³-hybridized carbons (Fsp3) is 0.0833. The number of aryl methyl sites for hydroxylation is 1. The number of nitrogens with two attached hydrogens (primary N) is 1. The quantitative estimate of drug-likeness (QED) is 0.696. The lowest BCUT2D eigenvalue weighted by Crippen LogP contribution is -2.00. The molecule has 0 aliphatic rings. The summed E-state index contributed by atoms with van der Waals surface area (Å²) < 4.78 is 0. The third-order valence-corrected chi connectivity index (χ3v) is 2.51. The summed E-state index contributed by atoms with van der Waals surface area (Å²) in [5, 5.41) is 10.6. The third kappa shape index (κ3) is 1.42. The van der Waals surface area contributed by atoms with Crippen molar-refractivity contribution in [2.45, 2.75) is 6.92 Å². The molecule has 0 aromatic heterocycles. The Morgan fingerprint density at radius 2 is 2.00 bits per heavy atom. The molecule has 2 aromatic carbocycles. The Bertz CT molecular complexity index is 547. The van der Waals surface area contributed by atoms with Crippen molar-refractivity contribution in [2.24, 2.45) is 0 Å². The molecule has 0 aliphatic carbocycles. The summed E-state index contributed by atoms with van der Waals surface area (Å²) >= 11 is 0. The first-order valence-corrected chi connectivity index (χ1v) is 4.62. The lowest BCUT2D eigenvalue weighted by molar-refractivity contribution is 0.0699. The Labute approximate surface area is 87.1 Å². The fourth-order valence-corrected chi connectivity index (χ4v) is 1.79. The summed E-state index contributed by atoms with van der Waals surface area (Å²) in [6.45, 7) is 1.88. The summed E-state index contributed by atoms with van der Waals surface area (Å²) in [7, 11) is 0. The van der Waals surface area contributed by atoms with Gasteiger partial charge >= 0.3 is 5.97 Å². The van der Waals surface area contributed by atoms with Gasteiger partial charge in [0.05, 0.1) is 5.56 Å². The number of carboxylic acid groups (broad SMARTS) is 1. The highest BCUT2D eigenvalue weighted by atomic mass is 16.4. The normalized spacial score (nSPS) is 10.5. The monoisotopic (exact) mass is 201 g/mol. The zero-order valence-corrected chi connectivity index (χ0v) is 8.32. The molecule has 3 nitrogen and oxygen atoms in total. The molecule has 0 bridgehead atoms. The van der Waals surface area contributed by atoms with E-state index in [2.05, 4.69) is 0 Å². The SMILES string of the molecule is Cc1cccc2c(N)ccc(C(=O)O)c12. The highest BCUT2D eigenvalue weighted by Crippen LogP contribution is 2.27. The molecule has 2 rings (SSSR count). The zero-order valence-electron chi connectivity index (χ0n) is 8.32. The molecule has 0 atom stereocenters. The standard InChI is InChI=1S/C12H11NO2/c1-7-3-2-4-8-10(13)6-5-9(11(7)8)12(14)15/h2-6H,13H2,1H3,(H,14,15). The number of hydrogen-bond donors (Lipinski definition) is 2. The van der Waals surface area contributed by atoms with Gasteiger partial charge in [-0.25, -0.2) is 4.79 Å². The smallest absolute Gasteiger partial charge is 0.336 e. The van der Waals surface area contributed by atoms with Crippen molar-refractivity contribution >= 4 is 22.4 Å². The molecule has 0 saturated heterocycles. The van der Waals surface area contributed by atoms with Gasteiger partial charge in [0.15, 0.2) is 0 Å². The summed E-state index contributed by atoms with van der Waals surface area (Å²) in [6.07, 6.45) is 0. The van der Waals surface area contributed by atoms with Crippen molar-refractivity contribution < 1.29 is 9.90 Å². The fourth-order valence-electron chi connectivity index (χ4n) is 1.79. The predicted molar refractivity (Wildman–Crippen MR) is 60.1 cm³/mol. The molecule has 0 aliphatic heterocycles. The minimum atomic E-state index is -0.922. The van der Waals surface area contributed by atoms with Crippen molar-refractivity contribution in [3.8, 4) is 0 Å². The molecule has 0 fully saturated rings. The number of nitrogen functional groups attached to an aromatic ring is 1. The summed E-state index contributed by atoms with van der Waals surface area (Å²) in [6, 6.07) is 8.77. The van der Waals surface area contributed by atoms with Gasteiger partial charge in [-0.15, -0.1) is 0 Å². The molecular weight excluding hydrogens is 190 g/mol. The Morgan fingerprint density at radius 1 is 1.27 bits per heavy atom. The van der Waals surface area contributed by atoms with Crippen LogP contribution in [-0.4, -0.2) is 11.1 Å². The number of aromatic carboxylic acids is 1. The molecule has 0 unspecified atom stereocenters. The number of fused-ring (bicyclic) bond motifs is 1. The lowest BCUT2D eigenvalue weighted by Gasteiger charge is -2.08. The lowest BCUT2D eigenvalue weighted by atomic mass is 9.99. The summed E-state index contributed by atoms with van der Waals surface area (Å²) in [5.41, 5.74) is 7.64. The molecule has 0 amide bonds. The largest absolute Gasteiger partial charge is 0.478 e. The van der Waals surface area contributed by atoms with E-state index in [0.717, 1.165) is 16.3 Å².